The Kier molecular flexibility index (Phi) is 10.9. The number of fused-ring (bicyclic) bond motifs is 4. The zero-order valence-electron chi connectivity index (χ0n) is 41.6. The molecule has 1 aliphatic heterocycles. The highest BCUT2D eigenvalue weighted by Crippen LogP contribution is 2.51. The monoisotopic (exact) mass is 893 g/mol. The number of hydrogen-bond donors (Lipinski definition) is 0. The number of aromatic nitrogens is 2. The van der Waals surface area contributed by atoms with Crippen molar-refractivity contribution in [2.45, 2.75) is 97.8 Å². The molecule has 0 radical (unpaired) electrons. The van der Waals surface area contributed by atoms with Gasteiger partial charge in [0.2, 0.25) is 0 Å². The summed E-state index contributed by atoms with van der Waals surface area (Å²) in [5, 5.41) is 2.34. The summed E-state index contributed by atoms with van der Waals surface area (Å²) < 4.78 is 9.24. The standard InChI is InChI=1S/C63H64N4O/c1-60(2,3)44-28-30-53-54-31-29-51(40-57(54)67(56(53)37-44)58-38-45(32-33-64-58)63(10,11)43-22-16-13-17-23-43)68-50-25-18-24-48(39-50)65-41-66(49-35-46(61(4,5)6)34-47(36-49)62(7,8)9)59-52(26-19-27-55(59)65)42-20-14-12-15-21-42/h12-40H,41H2,1-11H3. The highest BCUT2D eigenvalue weighted by atomic mass is 16.5. The first-order chi connectivity index (χ1) is 32.3. The van der Waals surface area contributed by atoms with Gasteiger partial charge in [-0.2, -0.15) is 0 Å². The first-order valence-electron chi connectivity index (χ1n) is 24.1. The Morgan fingerprint density at radius 2 is 1.06 bits per heavy atom. The van der Waals surface area contributed by atoms with Gasteiger partial charge in [-0.1, -0.05) is 173 Å². The van der Waals surface area contributed by atoms with Gasteiger partial charge in [0, 0.05) is 51.5 Å². The fourth-order valence-electron chi connectivity index (χ4n) is 9.81. The first kappa shape index (κ1) is 44.7. The number of para-hydroxylation sites is 1. The molecule has 7 aromatic carbocycles. The van der Waals surface area contributed by atoms with E-state index in [1.165, 1.54) is 55.7 Å². The van der Waals surface area contributed by atoms with Crippen LogP contribution in [0.4, 0.5) is 22.7 Å². The van der Waals surface area contributed by atoms with Crippen LogP contribution in [0.5, 0.6) is 11.5 Å². The van der Waals surface area contributed by atoms with E-state index in [-0.39, 0.29) is 21.7 Å². The number of pyridine rings is 1. The number of benzene rings is 7. The Hall–Kier alpha value is -7.11. The third-order valence-electron chi connectivity index (χ3n) is 14.1. The fourth-order valence-corrected chi connectivity index (χ4v) is 9.81. The highest BCUT2D eigenvalue weighted by molar-refractivity contribution is 6.10. The lowest BCUT2D eigenvalue weighted by molar-refractivity contribution is 0.483. The summed E-state index contributed by atoms with van der Waals surface area (Å²) in [6, 6.07) is 61.8. The topological polar surface area (TPSA) is 33.5 Å². The molecule has 0 unspecified atom stereocenters. The molecule has 2 aromatic heterocycles. The van der Waals surface area contributed by atoms with Crippen LogP contribution in [-0.4, -0.2) is 16.2 Å². The molecular weight excluding hydrogens is 829 g/mol. The SMILES string of the molecule is CC(C)(C)c1cc(N2CN(c3cccc(Oc4ccc5c6ccc(C(C)(C)C)cc6n(-c6cc(C(C)(C)c7ccccc7)ccn6)c5c4)c3)c3cccc(-c4ccccc4)c32)cc(C(C)(C)C)c1. The van der Waals surface area contributed by atoms with Gasteiger partial charge in [0.25, 0.3) is 0 Å². The Bertz CT molecular complexity index is 3290. The van der Waals surface area contributed by atoms with Crippen LogP contribution in [0.3, 0.4) is 0 Å². The van der Waals surface area contributed by atoms with Crippen molar-refractivity contribution in [3.63, 3.8) is 0 Å². The van der Waals surface area contributed by atoms with Gasteiger partial charge in [-0.15, -0.1) is 0 Å². The smallest absolute Gasteiger partial charge is 0.137 e. The van der Waals surface area contributed by atoms with Crippen molar-refractivity contribution in [3.8, 4) is 28.4 Å². The molecule has 5 heteroatoms. The Morgan fingerprint density at radius 1 is 0.441 bits per heavy atom. The van der Waals surface area contributed by atoms with Crippen LogP contribution < -0.4 is 14.5 Å². The maximum Gasteiger partial charge on any atom is 0.137 e. The van der Waals surface area contributed by atoms with Crippen LogP contribution in [0.2, 0.25) is 0 Å². The van der Waals surface area contributed by atoms with Crippen molar-refractivity contribution < 1.29 is 4.74 Å². The average Bonchev–Trinajstić information content (AvgIpc) is 3.87. The predicted molar refractivity (Wildman–Crippen MR) is 287 cm³/mol. The minimum atomic E-state index is -0.227. The van der Waals surface area contributed by atoms with Gasteiger partial charge in [0.15, 0.2) is 0 Å². The Balaban J connectivity index is 1.06. The van der Waals surface area contributed by atoms with E-state index >= 15 is 0 Å². The second-order valence-corrected chi connectivity index (χ2v) is 22.3. The maximum absolute atomic E-state index is 6.91. The van der Waals surface area contributed by atoms with E-state index in [1.54, 1.807) is 0 Å². The summed E-state index contributed by atoms with van der Waals surface area (Å²) in [7, 11) is 0. The van der Waals surface area contributed by atoms with Crippen molar-refractivity contribution >= 4 is 44.6 Å². The molecule has 0 bridgehead atoms. The summed E-state index contributed by atoms with van der Waals surface area (Å²) >= 11 is 0. The van der Waals surface area contributed by atoms with Crippen LogP contribution in [-0.2, 0) is 21.7 Å². The van der Waals surface area contributed by atoms with E-state index in [4.69, 9.17) is 9.72 Å². The normalized spacial score (nSPS) is 13.4. The molecule has 1 aliphatic rings. The highest BCUT2D eigenvalue weighted by Gasteiger charge is 2.33. The number of anilines is 4. The zero-order valence-corrected chi connectivity index (χ0v) is 41.6. The van der Waals surface area contributed by atoms with Crippen molar-refractivity contribution in [3.05, 3.63) is 204 Å². The van der Waals surface area contributed by atoms with Gasteiger partial charge in [0.1, 0.15) is 24.0 Å². The second kappa shape index (κ2) is 16.6. The molecule has 0 spiro atoms. The van der Waals surface area contributed by atoms with E-state index < -0.39 is 0 Å². The van der Waals surface area contributed by atoms with Gasteiger partial charge < -0.3 is 14.5 Å². The lowest BCUT2D eigenvalue weighted by atomic mass is 9.78. The van der Waals surface area contributed by atoms with E-state index in [1.807, 2.05) is 6.20 Å². The fraction of sp³-hybridized carbons (Fsp3) is 0.254. The summed E-state index contributed by atoms with van der Waals surface area (Å²) in [5.74, 6) is 2.42. The lowest BCUT2D eigenvalue weighted by Gasteiger charge is -2.30. The van der Waals surface area contributed by atoms with Gasteiger partial charge in [-0.25, -0.2) is 4.98 Å². The molecule has 0 saturated carbocycles. The Labute approximate surface area is 403 Å². The van der Waals surface area contributed by atoms with Crippen LogP contribution in [0, 0.1) is 0 Å². The molecule has 0 atom stereocenters. The molecule has 0 amide bonds. The molecule has 10 rings (SSSR count). The first-order valence-corrected chi connectivity index (χ1v) is 24.1. The summed E-state index contributed by atoms with van der Waals surface area (Å²) in [5.41, 5.74) is 15.3. The molecule has 68 heavy (non-hydrogen) atoms. The third kappa shape index (κ3) is 8.23. The molecule has 0 saturated heterocycles. The van der Waals surface area contributed by atoms with Gasteiger partial charge >= 0.3 is 0 Å². The van der Waals surface area contributed by atoms with E-state index in [0.717, 1.165) is 45.1 Å². The number of ether oxygens (including phenoxy) is 1. The van der Waals surface area contributed by atoms with Crippen LogP contribution in [0.15, 0.2) is 176 Å². The molecule has 9 aromatic rings. The Morgan fingerprint density at radius 3 is 1.74 bits per heavy atom. The van der Waals surface area contributed by atoms with Crippen LogP contribution in [0.1, 0.15) is 104 Å². The number of hydrogen-bond acceptors (Lipinski definition) is 4. The van der Waals surface area contributed by atoms with Crippen LogP contribution >= 0.6 is 0 Å². The summed E-state index contributed by atoms with van der Waals surface area (Å²) in [6.45, 7) is 25.9. The third-order valence-corrected chi connectivity index (χ3v) is 14.1. The van der Waals surface area contributed by atoms with Crippen LogP contribution in [0.25, 0.3) is 38.8 Å². The number of nitrogens with zero attached hydrogens (tertiary/aromatic N) is 4. The van der Waals surface area contributed by atoms with Gasteiger partial charge in [-0.3, -0.25) is 4.57 Å². The minimum absolute atomic E-state index is 0.0184. The predicted octanol–water partition coefficient (Wildman–Crippen LogP) is 17.1. The lowest BCUT2D eigenvalue weighted by Crippen LogP contribution is -2.25. The number of rotatable bonds is 8. The molecule has 5 nitrogen and oxygen atoms in total. The molecule has 0 fully saturated rings. The van der Waals surface area contributed by atoms with E-state index in [9.17, 15) is 0 Å². The van der Waals surface area contributed by atoms with Crippen molar-refractivity contribution in [2.24, 2.45) is 0 Å². The molecule has 342 valence electrons. The summed E-state index contributed by atoms with van der Waals surface area (Å²) in [4.78, 5) is 10.0. The largest absolute Gasteiger partial charge is 0.457 e. The minimum Gasteiger partial charge on any atom is -0.457 e. The quantitative estimate of drug-likeness (QED) is 0.152. The van der Waals surface area contributed by atoms with Crippen molar-refractivity contribution in [1.29, 1.82) is 0 Å². The maximum atomic E-state index is 6.91. The average molecular weight is 893 g/mol. The zero-order chi connectivity index (χ0) is 47.8. The molecule has 0 aliphatic carbocycles. The van der Waals surface area contributed by atoms with Gasteiger partial charge in [0.05, 0.1) is 22.4 Å². The summed E-state index contributed by atoms with van der Waals surface area (Å²) in [6.07, 6.45) is 1.96. The molecule has 0 N–H and O–H groups in total. The molecule has 3 heterocycles. The van der Waals surface area contributed by atoms with E-state index in [2.05, 4.69) is 260 Å². The van der Waals surface area contributed by atoms with Crippen molar-refractivity contribution in [1.82, 2.24) is 9.55 Å². The second-order valence-electron chi connectivity index (χ2n) is 22.3. The van der Waals surface area contributed by atoms with Crippen molar-refractivity contribution in [2.75, 3.05) is 16.5 Å². The molecular formula is C63H64N4O. The van der Waals surface area contributed by atoms with Gasteiger partial charge in [-0.05, 0) is 110 Å². The van der Waals surface area contributed by atoms with E-state index in [0.29, 0.717) is 6.67 Å².